The number of aromatic amines is 2. The lowest BCUT2D eigenvalue weighted by Gasteiger charge is -2.16. The first kappa shape index (κ1) is 31.5. The Labute approximate surface area is 266 Å². The van der Waals surface area contributed by atoms with E-state index in [-0.39, 0.29) is 18.8 Å². The predicted octanol–water partition coefficient (Wildman–Crippen LogP) is 7.47. The number of H-pyrrole nitrogens is 2. The summed E-state index contributed by atoms with van der Waals surface area (Å²) in [5, 5.41) is 9.18. The van der Waals surface area contributed by atoms with Gasteiger partial charge in [-0.05, 0) is 66.3 Å². The fourth-order valence-corrected chi connectivity index (χ4v) is 6.25. The van der Waals surface area contributed by atoms with Crippen molar-refractivity contribution in [2.75, 3.05) is 25.9 Å². The zero-order chi connectivity index (χ0) is 32.6. The first-order valence-corrected chi connectivity index (χ1v) is 17.2. The second-order valence-corrected chi connectivity index (χ2v) is 14.8. The summed E-state index contributed by atoms with van der Waals surface area (Å²) in [6, 6.07) is 10.8. The number of aromatic nitrogens is 5. The van der Waals surface area contributed by atoms with Gasteiger partial charge >= 0.3 is 0 Å². The van der Waals surface area contributed by atoms with Gasteiger partial charge in [-0.1, -0.05) is 36.5 Å². The van der Waals surface area contributed by atoms with Crippen LogP contribution in [0.3, 0.4) is 0 Å². The molecule has 0 aliphatic carbocycles. The quantitative estimate of drug-likeness (QED) is 0.109. The molecule has 0 bridgehead atoms. The Kier molecular flexibility index (Phi) is 8.49. The van der Waals surface area contributed by atoms with Crippen LogP contribution >= 0.6 is 9.39 Å². The van der Waals surface area contributed by atoms with Crippen molar-refractivity contribution in [2.24, 2.45) is 0 Å². The van der Waals surface area contributed by atoms with Gasteiger partial charge in [-0.25, -0.2) is 18.2 Å². The first-order chi connectivity index (χ1) is 21.9. The molecule has 1 fully saturated rings. The average Bonchev–Trinajstić information content (AvgIpc) is 3.72. The van der Waals surface area contributed by atoms with Gasteiger partial charge in [0, 0.05) is 65.9 Å². The van der Waals surface area contributed by atoms with Gasteiger partial charge in [0.25, 0.3) is 5.92 Å². The number of benzene rings is 1. The van der Waals surface area contributed by atoms with Crippen molar-refractivity contribution in [3.05, 3.63) is 96.1 Å². The summed E-state index contributed by atoms with van der Waals surface area (Å²) < 4.78 is 45.6. The lowest BCUT2D eigenvalue weighted by molar-refractivity contribution is 0.0131. The molecule has 3 N–H and O–H groups in total. The van der Waals surface area contributed by atoms with Crippen molar-refractivity contribution in [1.82, 2.24) is 34.8 Å². The molecule has 1 saturated heterocycles. The molecule has 5 aromatic rings. The summed E-state index contributed by atoms with van der Waals surface area (Å²) in [5.41, 5.74) is 7.58. The minimum absolute atomic E-state index is 0.127. The normalized spacial score (nSPS) is 16.1. The maximum absolute atomic E-state index is 14.7. The Morgan fingerprint density at radius 1 is 1.15 bits per heavy atom. The second kappa shape index (κ2) is 12.4. The smallest absolute Gasteiger partial charge is 0.261 e. The minimum Gasteiger partial charge on any atom is -0.353 e. The van der Waals surface area contributed by atoms with E-state index in [1.54, 1.807) is 23.4 Å². The number of nitrogens with one attached hydrogen (secondary N) is 3. The molecule has 1 aromatic carbocycles. The summed E-state index contributed by atoms with van der Waals surface area (Å²) in [7, 11) is -1.46. The Balaban J connectivity index is 1.34. The van der Waals surface area contributed by atoms with Gasteiger partial charge in [0.05, 0.1) is 23.6 Å². The monoisotopic (exact) mass is 643 g/mol. The van der Waals surface area contributed by atoms with E-state index >= 15 is 0 Å². The Hall–Kier alpha value is -4.45. The van der Waals surface area contributed by atoms with Crippen LogP contribution in [0.15, 0.2) is 79.2 Å². The zero-order valence-corrected chi connectivity index (χ0v) is 26.7. The highest BCUT2D eigenvalue weighted by molar-refractivity contribution is 8.25. The third kappa shape index (κ3) is 6.86. The number of rotatable bonds is 10. The molecule has 1 aliphatic rings. The number of allylic oxidation sites excluding steroid dienone is 3. The average molecular weight is 644 g/mol. The van der Waals surface area contributed by atoms with Crippen LogP contribution in [-0.2, 0) is 6.54 Å². The van der Waals surface area contributed by atoms with Crippen LogP contribution < -0.4 is 4.72 Å². The van der Waals surface area contributed by atoms with Crippen LogP contribution in [0.25, 0.3) is 50.2 Å². The summed E-state index contributed by atoms with van der Waals surface area (Å²) in [4.78, 5) is 14.4. The van der Waals surface area contributed by atoms with E-state index in [4.69, 9.17) is 0 Å². The Morgan fingerprint density at radius 2 is 1.98 bits per heavy atom. The fourth-order valence-electron chi connectivity index (χ4n) is 5.73. The van der Waals surface area contributed by atoms with E-state index in [2.05, 4.69) is 48.2 Å². The number of fused-ring (bicyclic) bond motifs is 2. The Morgan fingerprint density at radius 3 is 2.70 bits per heavy atom. The van der Waals surface area contributed by atoms with Crippen LogP contribution in [0.5, 0.6) is 0 Å². The van der Waals surface area contributed by atoms with Crippen molar-refractivity contribution in [2.45, 2.75) is 25.8 Å². The molecule has 0 saturated carbocycles. The van der Waals surface area contributed by atoms with Gasteiger partial charge in [0.2, 0.25) is 0 Å². The third-order valence-electron chi connectivity index (χ3n) is 7.99. The molecule has 0 spiro atoms. The molecular formula is C35H36F3N7S. The van der Waals surface area contributed by atoms with Gasteiger partial charge in [-0.15, -0.1) is 0 Å². The molecule has 7 nitrogen and oxygen atoms in total. The van der Waals surface area contributed by atoms with Crippen LogP contribution in [0.2, 0.25) is 0 Å². The standard InChI is InChI=1S/C35H36F3N7S/c1-6-22(20-45-11-9-35(37,38)21-45)12-24(7-2)26-16-29-33(43-44-34(29)40-19-26)31-17-28-30(42-31)8-10-39-32(28)25-13-23(14-27(36)15-25)18-41-46(3,4)5/h6-8,10,12-17,19,41-42H,1,3-4,9,11,18,20-21H2,2,5H3,(H,40,43,44)/b22-12+,24-7+. The van der Waals surface area contributed by atoms with Gasteiger partial charge < -0.3 is 4.98 Å². The largest absolute Gasteiger partial charge is 0.353 e. The van der Waals surface area contributed by atoms with Crippen LogP contribution in [0.4, 0.5) is 13.2 Å². The van der Waals surface area contributed by atoms with Crippen molar-refractivity contribution in [3.63, 3.8) is 0 Å². The van der Waals surface area contributed by atoms with Crippen LogP contribution in [-0.4, -0.2) is 73.6 Å². The highest BCUT2D eigenvalue weighted by Gasteiger charge is 2.38. The third-order valence-corrected chi connectivity index (χ3v) is 8.83. The molecular weight excluding hydrogens is 607 g/mol. The zero-order valence-electron chi connectivity index (χ0n) is 25.8. The van der Waals surface area contributed by atoms with Crippen molar-refractivity contribution in [3.8, 4) is 22.6 Å². The molecule has 4 aromatic heterocycles. The molecule has 5 heterocycles. The highest BCUT2D eigenvalue weighted by atomic mass is 32.2. The van der Waals surface area contributed by atoms with Crippen LogP contribution in [0, 0.1) is 5.82 Å². The number of likely N-dealkylation sites (tertiary alicyclic amines) is 1. The van der Waals surface area contributed by atoms with E-state index in [0.29, 0.717) is 36.5 Å². The summed E-state index contributed by atoms with van der Waals surface area (Å²) in [6.07, 6.45) is 10.9. The Bertz CT molecular complexity index is 2120. The van der Waals surface area contributed by atoms with E-state index in [0.717, 1.165) is 50.0 Å². The molecule has 0 atom stereocenters. The maximum atomic E-state index is 14.7. The van der Waals surface area contributed by atoms with Gasteiger partial charge in [0.1, 0.15) is 5.82 Å². The molecule has 46 heavy (non-hydrogen) atoms. The number of hydrogen-bond acceptors (Lipinski definition) is 5. The number of halogens is 3. The molecule has 0 unspecified atom stereocenters. The van der Waals surface area contributed by atoms with Crippen molar-refractivity contribution in [1.29, 1.82) is 0 Å². The first-order valence-electron chi connectivity index (χ1n) is 14.8. The lowest BCUT2D eigenvalue weighted by atomic mass is 10.0. The van der Waals surface area contributed by atoms with E-state index < -0.39 is 15.3 Å². The van der Waals surface area contributed by atoms with E-state index in [1.807, 2.05) is 49.6 Å². The van der Waals surface area contributed by atoms with Crippen molar-refractivity contribution < 1.29 is 13.2 Å². The highest BCUT2D eigenvalue weighted by Crippen LogP contribution is 2.34. The maximum Gasteiger partial charge on any atom is 0.261 e. The lowest BCUT2D eigenvalue weighted by Crippen LogP contribution is -2.26. The molecule has 238 valence electrons. The summed E-state index contributed by atoms with van der Waals surface area (Å²) in [6.45, 7) is 6.78. The molecule has 0 amide bonds. The van der Waals surface area contributed by atoms with Gasteiger partial charge in [-0.2, -0.15) is 14.5 Å². The molecule has 1 aliphatic heterocycles. The van der Waals surface area contributed by atoms with E-state index in [9.17, 15) is 13.2 Å². The number of hydrogen-bond donors (Lipinski definition) is 3. The topological polar surface area (TPSA) is 85.5 Å². The number of alkyl halides is 2. The van der Waals surface area contributed by atoms with Crippen molar-refractivity contribution >= 4 is 48.6 Å². The van der Waals surface area contributed by atoms with Gasteiger partial charge in [0.15, 0.2) is 5.65 Å². The minimum atomic E-state index is -2.65. The van der Waals surface area contributed by atoms with Gasteiger partial charge in [-0.3, -0.25) is 19.7 Å². The fraction of sp³-hybridized carbons (Fsp3) is 0.229. The van der Waals surface area contributed by atoms with E-state index in [1.165, 1.54) is 12.1 Å². The van der Waals surface area contributed by atoms with Crippen LogP contribution in [0.1, 0.15) is 24.5 Å². The summed E-state index contributed by atoms with van der Waals surface area (Å²) in [5.74, 6) is 5.08. The SMILES string of the molecule is C=C/C(=C\C(=C/C)c1cnc2n[nH]c(-c3cc4c(-c5cc(F)cc(CNS(=C)(=C)C)c5)nccc4[nH]3)c2c1)CN1CCC(F)(F)C1. The molecule has 0 radical (unpaired) electrons. The predicted molar refractivity (Wildman–Crippen MR) is 187 cm³/mol. The molecule has 11 heteroatoms. The summed E-state index contributed by atoms with van der Waals surface area (Å²) >= 11 is 0. The second-order valence-electron chi connectivity index (χ2n) is 11.9. The number of nitrogens with zero attached hydrogens (tertiary/aromatic N) is 4. The number of pyridine rings is 2. The molecule has 6 rings (SSSR count).